The number of benzene rings is 1. The SMILES string of the molecule is Cc1ccsc1CN(C)C(=O)C1CSCN1C(=O)c1ccccc1. The van der Waals surface area contributed by atoms with E-state index in [1.54, 1.807) is 45.0 Å². The lowest BCUT2D eigenvalue weighted by atomic mass is 10.1. The van der Waals surface area contributed by atoms with Crippen molar-refractivity contribution in [1.29, 1.82) is 0 Å². The molecular formula is C18H20N2O2S2. The number of hydrogen-bond donors (Lipinski definition) is 0. The van der Waals surface area contributed by atoms with E-state index in [0.29, 0.717) is 23.7 Å². The van der Waals surface area contributed by atoms with Crippen LogP contribution in [-0.4, -0.2) is 46.3 Å². The van der Waals surface area contributed by atoms with Crippen molar-refractivity contribution >= 4 is 34.9 Å². The monoisotopic (exact) mass is 360 g/mol. The van der Waals surface area contributed by atoms with E-state index in [1.807, 2.05) is 30.6 Å². The lowest BCUT2D eigenvalue weighted by Crippen LogP contribution is -2.47. The third-order valence-electron chi connectivity index (χ3n) is 4.17. The summed E-state index contributed by atoms with van der Waals surface area (Å²) in [6.07, 6.45) is 0. The third-order valence-corrected chi connectivity index (χ3v) is 6.19. The van der Waals surface area contributed by atoms with E-state index in [1.165, 1.54) is 10.4 Å². The predicted molar refractivity (Wildman–Crippen MR) is 99.3 cm³/mol. The molecule has 2 aromatic rings. The van der Waals surface area contributed by atoms with Crippen molar-refractivity contribution in [2.24, 2.45) is 0 Å². The van der Waals surface area contributed by atoms with E-state index in [-0.39, 0.29) is 17.9 Å². The van der Waals surface area contributed by atoms with Crippen LogP contribution in [0.1, 0.15) is 20.8 Å². The van der Waals surface area contributed by atoms with Crippen LogP contribution in [-0.2, 0) is 11.3 Å². The fraction of sp³-hybridized carbons (Fsp3) is 0.333. The molecule has 0 radical (unpaired) electrons. The molecule has 1 unspecified atom stereocenters. The molecule has 3 rings (SSSR count). The summed E-state index contributed by atoms with van der Waals surface area (Å²) in [5, 5.41) is 2.04. The van der Waals surface area contributed by atoms with Crippen LogP contribution in [0.5, 0.6) is 0 Å². The molecular weight excluding hydrogens is 340 g/mol. The highest BCUT2D eigenvalue weighted by Gasteiger charge is 2.36. The Bertz CT molecular complexity index is 730. The maximum Gasteiger partial charge on any atom is 0.255 e. The largest absolute Gasteiger partial charge is 0.339 e. The Morgan fingerprint density at radius 3 is 2.67 bits per heavy atom. The number of thiophene rings is 1. The quantitative estimate of drug-likeness (QED) is 0.840. The molecule has 0 bridgehead atoms. The summed E-state index contributed by atoms with van der Waals surface area (Å²) < 4.78 is 0. The molecule has 1 aromatic carbocycles. The molecule has 1 aromatic heterocycles. The van der Waals surface area contributed by atoms with Crippen LogP contribution in [0.3, 0.4) is 0 Å². The number of nitrogens with zero attached hydrogens (tertiary/aromatic N) is 2. The Balaban J connectivity index is 1.71. The van der Waals surface area contributed by atoms with E-state index >= 15 is 0 Å². The van der Waals surface area contributed by atoms with Crippen LogP contribution in [0.15, 0.2) is 41.8 Å². The third kappa shape index (κ3) is 3.49. The topological polar surface area (TPSA) is 40.6 Å². The first-order valence-electron chi connectivity index (χ1n) is 7.79. The Labute approximate surface area is 150 Å². The van der Waals surface area contributed by atoms with Gasteiger partial charge in [0, 0.05) is 23.2 Å². The van der Waals surface area contributed by atoms with Gasteiger partial charge >= 0.3 is 0 Å². The van der Waals surface area contributed by atoms with Gasteiger partial charge in [0.1, 0.15) is 6.04 Å². The van der Waals surface area contributed by atoms with Crippen LogP contribution in [0, 0.1) is 6.92 Å². The van der Waals surface area contributed by atoms with Crippen LogP contribution >= 0.6 is 23.1 Å². The number of hydrogen-bond acceptors (Lipinski definition) is 4. The number of carbonyl (C=O) groups excluding carboxylic acids is 2. The number of rotatable bonds is 4. The molecule has 0 aliphatic carbocycles. The van der Waals surface area contributed by atoms with E-state index in [9.17, 15) is 9.59 Å². The van der Waals surface area contributed by atoms with Crippen LogP contribution in [0.25, 0.3) is 0 Å². The van der Waals surface area contributed by atoms with E-state index in [2.05, 4.69) is 13.0 Å². The molecule has 1 aliphatic rings. The van der Waals surface area contributed by atoms with Gasteiger partial charge in [-0.1, -0.05) is 18.2 Å². The van der Waals surface area contributed by atoms with Gasteiger partial charge in [0.2, 0.25) is 5.91 Å². The molecule has 6 heteroatoms. The van der Waals surface area contributed by atoms with Crippen molar-refractivity contribution in [2.45, 2.75) is 19.5 Å². The molecule has 1 saturated heterocycles. The Hall–Kier alpha value is -1.79. The minimum absolute atomic E-state index is 0.0112. The molecule has 2 amide bonds. The molecule has 2 heterocycles. The highest BCUT2D eigenvalue weighted by atomic mass is 32.2. The van der Waals surface area contributed by atoms with Crippen LogP contribution in [0.4, 0.5) is 0 Å². The fourth-order valence-electron chi connectivity index (χ4n) is 2.71. The maximum atomic E-state index is 12.9. The number of likely N-dealkylation sites (N-methyl/N-ethyl adjacent to an activating group) is 1. The first kappa shape index (κ1) is 17.0. The van der Waals surface area contributed by atoms with E-state index in [4.69, 9.17) is 0 Å². The van der Waals surface area contributed by atoms with Crippen molar-refractivity contribution in [3.05, 3.63) is 57.8 Å². The average Bonchev–Trinajstić information content (AvgIpc) is 3.24. The maximum absolute atomic E-state index is 12.9. The van der Waals surface area contributed by atoms with Gasteiger partial charge < -0.3 is 9.80 Å². The highest BCUT2D eigenvalue weighted by Crippen LogP contribution is 2.25. The van der Waals surface area contributed by atoms with Crippen molar-refractivity contribution < 1.29 is 9.59 Å². The summed E-state index contributed by atoms with van der Waals surface area (Å²) in [6, 6.07) is 10.9. The molecule has 0 N–H and O–H groups in total. The number of aryl methyl sites for hydroxylation is 1. The van der Waals surface area contributed by atoms with Gasteiger partial charge in [-0.2, -0.15) is 0 Å². The molecule has 126 valence electrons. The lowest BCUT2D eigenvalue weighted by molar-refractivity contribution is -0.134. The van der Waals surface area contributed by atoms with Gasteiger partial charge in [0.15, 0.2) is 0 Å². The lowest BCUT2D eigenvalue weighted by Gasteiger charge is -2.27. The molecule has 1 aliphatic heterocycles. The smallest absolute Gasteiger partial charge is 0.255 e. The zero-order chi connectivity index (χ0) is 17.1. The predicted octanol–water partition coefficient (Wildman–Crippen LogP) is 3.23. The van der Waals surface area contributed by atoms with E-state index in [0.717, 1.165) is 0 Å². The Morgan fingerprint density at radius 2 is 2.00 bits per heavy atom. The number of thioether (sulfide) groups is 1. The van der Waals surface area contributed by atoms with Gasteiger partial charge in [-0.05, 0) is 36.1 Å². The summed E-state index contributed by atoms with van der Waals surface area (Å²) in [7, 11) is 1.82. The number of carbonyl (C=O) groups is 2. The van der Waals surface area contributed by atoms with Crippen LogP contribution < -0.4 is 0 Å². The zero-order valence-corrected chi connectivity index (χ0v) is 15.4. The summed E-state index contributed by atoms with van der Waals surface area (Å²) in [6.45, 7) is 2.65. The minimum Gasteiger partial charge on any atom is -0.339 e. The minimum atomic E-state index is -0.382. The molecule has 24 heavy (non-hydrogen) atoms. The van der Waals surface area contributed by atoms with Gasteiger partial charge in [0.25, 0.3) is 5.91 Å². The van der Waals surface area contributed by atoms with Gasteiger partial charge in [-0.3, -0.25) is 9.59 Å². The number of amides is 2. The molecule has 1 fully saturated rings. The fourth-order valence-corrected chi connectivity index (χ4v) is 4.81. The van der Waals surface area contributed by atoms with Crippen molar-refractivity contribution in [2.75, 3.05) is 18.7 Å². The molecule has 0 saturated carbocycles. The standard InChI is InChI=1S/C18H20N2O2S2/c1-13-8-9-24-16(13)10-19(2)18(22)15-11-23-12-20(15)17(21)14-6-4-3-5-7-14/h3-9,15H,10-12H2,1-2H3. The first-order chi connectivity index (χ1) is 11.6. The van der Waals surface area contributed by atoms with Crippen LogP contribution in [0.2, 0.25) is 0 Å². The van der Waals surface area contributed by atoms with E-state index < -0.39 is 0 Å². The summed E-state index contributed by atoms with van der Waals surface area (Å²) in [5.41, 5.74) is 1.84. The van der Waals surface area contributed by atoms with Crippen molar-refractivity contribution in [3.8, 4) is 0 Å². The van der Waals surface area contributed by atoms with Crippen molar-refractivity contribution in [3.63, 3.8) is 0 Å². The normalized spacial score (nSPS) is 17.1. The van der Waals surface area contributed by atoms with Gasteiger partial charge in [-0.15, -0.1) is 23.1 Å². The van der Waals surface area contributed by atoms with Gasteiger partial charge in [-0.25, -0.2) is 0 Å². The molecule has 0 spiro atoms. The average molecular weight is 361 g/mol. The second kappa shape index (κ2) is 7.40. The van der Waals surface area contributed by atoms with Crippen molar-refractivity contribution in [1.82, 2.24) is 9.80 Å². The Kier molecular flexibility index (Phi) is 5.26. The first-order valence-corrected chi connectivity index (χ1v) is 9.83. The second-order valence-electron chi connectivity index (χ2n) is 5.88. The highest BCUT2D eigenvalue weighted by molar-refractivity contribution is 7.99. The summed E-state index contributed by atoms with van der Waals surface area (Å²) in [4.78, 5) is 30.2. The summed E-state index contributed by atoms with van der Waals surface area (Å²) >= 11 is 3.29. The zero-order valence-electron chi connectivity index (χ0n) is 13.8. The Morgan fingerprint density at radius 1 is 1.25 bits per heavy atom. The van der Waals surface area contributed by atoms with Gasteiger partial charge in [0.05, 0.1) is 12.4 Å². The molecule has 4 nitrogen and oxygen atoms in total. The second-order valence-corrected chi connectivity index (χ2v) is 7.88. The summed E-state index contributed by atoms with van der Waals surface area (Å²) in [5.74, 6) is 1.16. The molecule has 1 atom stereocenters.